The number of hydrogen-bond donors (Lipinski definition) is 1. The Hall–Kier alpha value is -1.32. The van der Waals surface area contributed by atoms with Crippen molar-refractivity contribution in [3.8, 4) is 5.75 Å². The number of aliphatic hydroxyl groups is 1. The summed E-state index contributed by atoms with van der Waals surface area (Å²) < 4.78 is 6.54. The van der Waals surface area contributed by atoms with Crippen LogP contribution in [0, 0.1) is 6.92 Å². The second-order valence-electron chi connectivity index (χ2n) is 4.82. The summed E-state index contributed by atoms with van der Waals surface area (Å²) in [4.78, 5) is 0. The van der Waals surface area contributed by atoms with Crippen LogP contribution in [0.3, 0.4) is 0 Å². The van der Waals surface area contributed by atoms with Gasteiger partial charge in [0.05, 0.1) is 12.7 Å². The van der Waals surface area contributed by atoms with Crippen molar-refractivity contribution in [2.24, 2.45) is 0 Å². The fourth-order valence-corrected chi connectivity index (χ4v) is 2.62. The number of aliphatic hydroxyl groups excluding tert-OH is 1. The van der Waals surface area contributed by atoms with Gasteiger partial charge in [0.15, 0.2) is 0 Å². The molecule has 2 aromatic rings. The third-order valence-corrected chi connectivity index (χ3v) is 3.64. The zero-order valence-corrected chi connectivity index (χ0v) is 13.4. The molecule has 0 aliphatic rings. The summed E-state index contributed by atoms with van der Waals surface area (Å²) in [6.45, 7) is 4.59. The van der Waals surface area contributed by atoms with E-state index in [0.717, 1.165) is 21.3 Å². The molecule has 0 aliphatic heterocycles. The molecule has 0 fully saturated rings. The van der Waals surface area contributed by atoms with E-state index in [1.807, 2.05) is 37.3 Å². The van der Waals surface area contributed by atoms with Gasteiger partial charge in [0.1, 0.15) is 5.75 Å². The summed E-state index contributed by atoms with van der Waals surface area (Å²) in [5.74, 6) is 0.746. The van der Waals surface area contributed by atoms with Gasteiger partial charge in [-0.2, -0.15) is 0 Å². The van der Waals surface area contributed by atoms with Gasteiger partial charge in [-0.05, 0) is 37.6 Å². The molecule has 0 bridgehead atoms. The van der Waals surface area contributed by atoms with E-state index >= 15 is 0 Å². The van der Waals surface area contributed by atoms with Gasteiger partial charge in [-0.3, -0.25) is 0 Å². The van der Waals surface area contributed by atoms with Crippen molar-refractivity contribution in [3.05, 3.63) is 63.6 Å². The molecule has 20 heavy (non-hydrogen) atoms. The van der Waals surface area contributed by atoms with E-state index < -0.39 is 6.10 Å². The van der Waals surface area contributed by atoms with Crippen LogP contribution in [0.4, 0.5) is 0 Å². The summed E-state index contributed by atoms with van der Waals surface area (Å²) in [6.07, 6.45) is 0.00827. The molecular formula is C17H19BrO2. The first kappa shape index (κ1) is 15.1. The fraction of sp³-hybridized carbons (Fsp3) is 0.294. The van der Waals surface area contributed by atoms with Crippen LogP contribution in [0.5, 0.6) is 5.75 Å². The van der Waals surface area contributed by atoms with Crippen molar-refractivity contribution in [2.75, 3.05) is 6.61 Å². The molecule has 0 heterocycles. The van der Waals surface area contributed by atoms with Crippen LogP contribution in [0.15, 0.2) is 46.9 Å². The molecule has 3 heteroatoms. The minimum absolute atomic E-state index is 0.573. The molecule has 0 aromatic heterocycles. The quantitative estimate of drug-likeness (QED) is 0.876. The maximum atomic E-state index is 10.5. The average Bonchev–Trinajstić information content (AvgIpc) is 2.41. The van der Waals surface area contributed by atoms with Crippen LogP contribution in [-0.4, -0.2) is 11.7 Å². The lowest BCUT2D eigenvalue weighted by molar-refractivity contribution is 0.172. The van der Waals surface area contributed by atoms with Crippen molar-refractivity contribution >= 4 is 15.9 Å². The van der Waals surface area contributed by atoms with Gasteiger partial charge in [-0.25, -0.2) is 0 Å². The molecule has 1 unspecified atom stereocenters. The summed E-state index contributed by atoms with van der Waals surface area (Å²) in [7, 11) is 0. The number of halogens is 1. The molecule has 106 valence electrons. The van der Waals surface area contributed by atoms with E-state index in [1.165, 1.54) is 5.56 Å². The summed E-state index contributed by atoms with van der Waals surface area (Å²) >= 11 is 3.45. The monoisotopic (exact) mass is 334 g/mol. The predicted octanol–water partition coefficient (Wildman–Crippen LogP) is 4.43. The van der Waals surface area contributed by atoms with E-state index in [2.05, 4.69) is 35.0 Å². The van der Waals surface area contributed by atoms with Crippen molar-refractivity contribution < 1.29 is 9.84 Å². The molecule has 2 nitrogen and oxygen atoms in total. The first-order valence-electron chi connectivity index (χ1n) is 6.76. The Kier molecular flexibility index (Phi) is 5.21. The molecule has 0 saturated carbocycles. The van der Waals surface area contributed by atoms with Crippen molar-refractivity contribution in [1.82, 2.24) is 0 Å². The highest BCUT2D eigenvalue weighted by Crippen LogP contribution is 2.30. The Bertz CT molecular complexity index is 581. The lowest BCUT2D eigenvalue weighted by atomic mass is 9.99. The number of benzene rings is 2. The summed E-state index contributed by atoms with van der Waals surface area (Å²) in [6, 6.07) is 13.9. The second-order valence-corrected chi connectivity index (χ2v) is 5.74. The molecule has 2 aromatic carbocycles. The smallest absolute Gasteiger partial charge is 0.125 e. The van der Waals surface area contributed by atoms with E-state index in [1.54, 1.807) is 0 Å². The lowest BCUT2D eigenvalue weighted by Crippen LogP contribution is -2.05. The van der Waals surface area contributed by atoms with Gasteiger partial charge in [0, 0.05) is 16.5 Å². The zero-order valence-electron chi connectivity index (χ0n) is 11.8. The van der Waals surface area contributed by atoms with E-state index in [9.17, 15) is 5.11 Å². The topological polar surface area (TPSA) is 29.5 Å². The summed E-state index contributed by atoms with van der Waals surface area (Å²) in [5, 5.41) is 10.5. The molecule has 0 aliphatic carbocycles. The molecule has 1 atom stereocenters. The predicted molar refractivity (Wildman–Crippen MR) is 85.2 cm³/mol. The van der Waals surface area contributed by atoms with Crippen molar-refractivity contribution in [3.63, 3.8) is 0 Å². The van der Waals surface area contributed by atoms with Gasteiger partial charge < -0.3 is 9.84 Å². The van der Waals surface area contributed by atoms with Crippen LogP contribution >= 0.6 is 15.9 Å². The van der Waals surface area contributed by atoms with Crippen LogP contribution in [0.25, 0.3) is 0 Å². The van der Waals surface area contributed by atoms with E-state index in [4.69, 9.17) is 4.74 Å². The number of hydrogen-bond acceptors (Lipinski definition) is 2. The highest BCUT2D eigenvalue weighted by molar-refractivity contribution is 9.10. The third-order valence-electron chi connectivity index (χ3n) is 3.14. The van der Waals surface area contributed by atoms with Crippen LogP contribution in [0.1, 0.15) is 29.7 Å². The van der Waals surface area contributed by atoms with Gasteiger partial charge >= 0.3 is 0 Å². The first-order chi connectivity index (χ1) is 9.60. The molecular weight excluding hydrogens is 316 g/mol. The van der Waals surface area contributed by atoms with Crippen molar-refractivity contribution in [1.29, 1.82) is 0 Å². The van der Waals surface area contributed by atoms with Gasteiger partial charge in [-0.1, -0.05) is 45.8 Å². The largest absolute Gasteiger partial charge is 0.493 e. The van der Waals surface area contributed by atoms with E-state index in [-0.39, 0.29) is 0 Å². The third kappa shape index (κ3) is 3.84. The van der Waals surface area contributed by atoms with Crippen LogP contribution < -0.4 is 4.74 Å². The minimum atomic E-state index is -0.573. The molecule has 0 spiro atoms. The highest BCUT2D eigenvalue weighted by Gasteiger charge is 2.15. The van der Waals surface area contributed by atoms with Gasteiger partial charge in [0.2, 0.25) is 0 Å². The number of aryl methyl sites for hydroxylation is 1. The van der Waals surface area contributed by atoms with Crippen LogP contribution in [-0.2, 0) is 6.42 Å². The molecule has 1 N–H and O–H groups in total. The first-order valence-corrected chi connectivity index (χ1v) is 7.55. The molecule has 2 rings (SSSR count). The minimum Gasteiger partial charge on any atom is -0.493 e. The molecule has 0 saturated heterocycles. The number of ether oxygens (including phenoxy) is 1. The van der Waals surface area contributed by atoms with Crippen molar-refractivity contribution in [2.45, 2.75) is 26.4 Å². The normalized spacial score (nSPS) is 12.2. The Balaban J connectivity index is 2.23. The maximum absolute atomic E-state index is 10.5. The Labute approximate surface area is 128 Å². The molecule has 0 amide bonds. The standard InChI is InChI=1S/C17H19BrO2/c1-3-20-17-8-7-14(18)11-15(17)16(19)10-13-6-4-5-12(2)9-13/h4-9,11,16,19H,3,10H2,1-2H3. The second kappa shape index (κ2) is 6.91. The fourth-order valence-electron chi connectivity index (χ4n) is 2.24. The molecule has 0 radical (unpaired) electrons. The number of rotatable bonds is 5. The maximum Gasteiger partial charge on any atom is 0.125 e. The zero-order chi connectivity index (χ0) is 14.5. The Morgan fingerprint density at radius 1 is 1.20 bits per heavy atom. The SMILES string of the molecule is CCOc1ccc(Br)cc1C(O)Cc1cccc(C)c1. The Morgan fingerprint density at radius 3 is 2.70 bits per heavy atom. The highest BCUT2D eigenvalue weighted by atomic mass is 79.9. The average molecular weight is 335 g/mol. The van der Waals surface area contributed by atoms with Crippen LogP contribution in [0.2, 0.25) is 0 Å². The van der Waals surface area contributed by atoms with Gasteiger partial charge in [-0.15, -0.1) is 0 Å². The lowest BCUT2D eigenvalue weighted by Gasteiger charge is -2.16. The van der Waals surface area contributed by atoms with E-state index in [0.29, 0.717) is 13.0 Å². The summed E-state index contributed by atoms with van der Waals surface area (Å²) in [5.41, 5.74) is 3.15. The van der Waals surface area contributed by atoms with Gasteiger partial charge in [0.25, 0.3) is 0 Å². The Morgan fingerprint density at radius 2 is 2.00 bits per heavy atom.